The minimum atomic E-state index is -0.378. The Morgan fingerprint density at radius 1 is 0.955 bits per heavy atom. The molecule has 0 radical (unpaired) electrons. The Morgan fingerprint density at radius 2 is 1.55 bits per heavy atom. The van der Waals surface area contributed by atoms with Crippen LogP contribution < -0.4 is 20.1 Å². The lowest BCUT2D eigenvalue weighted by atomic mass is 10.3. The molecule has 2 amide bonds. The summed E-state index contributed by atoms with van der Waals surface area (Å²) in [7, 11) is 0. The second-order valence-corrected chi connectivity index (χ2v) is 4.22. The molecule has 0 aliphatic rings. The highest BCUT2D eigenvalue weighted by Crippen LogP contribution is 2.16. The van der Waals surface area contributed by atoms with E-state index < -0.39 is 0 Å². The number of ether oxygens (including phenoxy) is 2. The van der Waals surface area contributed by atoms with Gasteiger partial charge in [0, 0.05) is 5.69 Å². The van der Waals surface area contributed by atoms with Crippen molar-refractivity contribution in [3.63, 3.8) is 0 Å². The molecule has 1 aromatic carbocycles. The number of urea groups is 1. The third kappa shape index (κ3) is 4.62. The second-order valence-electron chi connectivity index (χ2n) is 4.22. The zero-order valence-electron chi connectivity index (χ0n) is 12.5. The van der Waals surface area contributed by atoms with E-state index in [0.717, 1.165) is 5.75 Å². The first-order valence-corrected chi connectivity index (χ1v) is 6.97. The summed E-state index contributed by atoms with van der Waals surface area (Å²) in [6, 6.07) is 7.01. The van der Waals surface area contributed by atoms with Crippen LogP contribution in [0.1, 0.15) is 13.8 Å². The van der Waals surface area contributed by atoms with E-state index in [-0.39, 0.29) is 12.0 Å². The van der Waals surface area contributed by atoms with Crippen LogP contribution in [0, 0.1) is 0 Å². The standard InChI is InChI=1S/C15H18N4O3/c1-3-21-13-7-5-11(6-8-13)18-14(20)19-12-9-16-15(17-10-12)22-4-2/h5-10H,3-4H2,1-2H3,(H2,18,19,20). The number of aromatic nitrogens is 2. The number of benzene rings is 1. The summed E-state index contributed by atoms with van der Waals surface area (Å²) in [5.41, 5.74) is 1.14. The van der Waals surface area contributed by atoms with Gasteiger partial charge < -0.3 is 20.1 Å². The zero-order chi connectivity index (χ0) is 15.8. The fraction of sp³-hybridized carbons (Fsp3) is 0.267. The largest absolute Gasteiger partial charge is 0.494 e. The number of hydrogen-bond donors (Lipinski definition) is 2. The van der Waals surface area contributed by atoms with Crippen LogP contribution in [0.15, 0.2) is 36.7 Å². The van der Waals surface area contributed by atoms with E-state index in [1.165, 1.54) is 12.4 Å². The van der Waals surface area contributed by atoms with Gasteiger partial charge >= 0.3 is 12.0 Å². The van der Waals surface area contributed by atoms with Gasteiger partial charge in [0.2, 0.25) is 0 Å². The topological polar surface area (TPSA) is 85.4 Å². The van der Waals surface area contributed by atoms with Gasteiger partial charge in [-0.25, -0.2) is 14.8 Å². The first-order valence-electron chi connectivity index (χ1n) is 6.97. The summed E-state index contributed by atoms with van der Waals surface area (Å²) >= 11 is 0. The van der Waals surface area contributed by atoms with Crippen molar-refractivity contribution < 1.29 is 14.3 Å². The molecule has 0 saturated heterocycles. The number of carbonyl (C=O) groups excluding carboxylic acids is 1. The normalized spacial score (nSPS) is 9.91. The van der Waals surface area contributed by atoms with Gasteiger partial charge in [-0.05, 0) is 38.1 Å². The van der Waals surface area contributed by atoms with Crippen LogP contribution in [-0.2, 0) is 0 Å². The van der Waals surface area contributed by atoms with Gasteiger partial charge in [0.05, 0.1) is 31.3 Å². The lowest BCUT2D eigenvalue weighted by molar-refractivity contribution is 0.262. The smallest absolute Gasteiger partial charge is 0.323 e. The van der Waals surface area contributed by atoms with Gasteiger partial charge in [0.15, 0.2) is 0 Å². The molecule has 1 heterocycles. The molecule has 2 N–H and O–H groups in total. The summed E-state index contributed by atoms with van der Waals surface area (Å²) in [4.78, 5) is 19.8. The van der Waals surface area contributed by atoms with Crippen molar-refractivity contribution in [2.75, 3.05) is 23.8 Å². The van der Waals surface area contributed by atoms with Crippen molar-refractivity contribution in [3.05, 3.63) is 36.7 Å². The highest BCUT2D eigenvalue weighted by molar-refractivity contribution is 5.99. The number of amides is 2. The lowest BCUT2D eigenvalue weighted by Gasteiger charge is -2.08. The second kappa shape index (κ2) is 7.82. The van der Waals surface area contributed by atoms with Crippen molar-refractivity contribution in [1.82, 2.24) is 9.97 Å². The van der Waals surface area contributed by atoms with Gasteiger partial charge in [0.1, 0.15) is 5.75 Å². The third-order valence-electron chi connectivity index (χ3n) is 2.58. The Balaban J connectivity index is 1.89. The SMILES string of the molecule is CCOc1ccc(NC(=O)Nc2cnc(OCC)nc2)cc1. The Kier molecular flexibility index (Phi) is 5.53. The molecule has 0 fully saturated rings. The van der Waals surface area contributed by atoms with Gasteiger partial charge in [0.25, 0.3) is 0 Å². The summed E-state index contributed by atoms with van der Waals surface area (Å²) in [5.74, 6) is 0.758. The Hall–Kier alpha value is -2.83. The maximum atomic E-state index is 11.9. The van der Waals surface area contributed by atoms with Crippen LogP contribution in [0.5, 0.6) is 11.8 Å². The molecule has 0 unspecified atom stereocenters. The molecular formula is C15H18N4O3. The van der Waals surface area contributed by atoms with Gasteiger partial charge in [-0.1, -0.05) is 0 Å². The van der Waals surface area contributed by atoms with Crippen molar-refractivity contribution >= 4 is 17.4 Å². The number of rotatable bonds is 6. The number of nitrogens with zero attached hydrogens (tertiary/aromatic N) is 2. The predicted molar refractivity (Wildman–Crippen MR) is 83.5 cm³/mol. The van der Waals surface area contributed by atoms with Crippen molar-refractivity contribution in [2.24, 2.45) is 0 Å². The molecular weight excluding hydrogens is 284 g/mol. The fourth-order valence-corrected chi connectivity index (χ4v) is 1.68. The summed E-state index contributed by atoms with van der Waals surface area (Å²) in [6.07, 6.45) is 2.96. The van der Waals surface area contributed by atoms with Crippen LogP contribution in [0.4, 0.5) is 16.2 Å². The van der Waals surface area contributed by atoms with Gasteiger partial charge in [-0.3, -0.25) is 0 Å². The molecule has 2 aromatic rings. The first kappa shape index (κ1) is 15.6. The van der Waals surface area contributed by atoms with Crippen LogP contribution in [0.2, 0.25) is 0 Å². The average Bonchev–Trinajstić information content (AvgIpc) is 2.52. The van der Waals surface area contributed by atoms with E-state index in [9.17, 15) is 4.79 Å². The Morgan fingerprint density at radius 3 is 2.14 bits per heavy atom. The maximum Gasteiger partial charge on any atom is 0.323 e. The van der Waals surface area contributed by atoms with E-state index in [1.807, 2.05) is 13.8 Å². The molecule has 7 heteroatoms. The van der Waals surface area contributed by atoms with Crippen molar-refractivity contribution in [3.8, 4) is 11.8 Å². The fourth-order valence-electron chi connectivity index (χ4n) is 1.68. The molecule has 0 aliphatic heterocycles. The molecule has 0 saturated carbocycles. The van der Waals surface area contributed by atoms with E-state index in [4.69, 9.17) is 9.47 Å². The van der Waals surface area contributed by atoms with Crippen LogP contribution >= 0.6 is 0 Å². The maximum absolute atomic E-state index is 11.9. The molecule has 0 spiro atoms. The number of carbonyl (C=O) groups is 1. The Bertz CT molecular complexity index is 546. The molecule has 0 aliphatic carbocycles. The molecule has 22 heavy (non-hydrogen) atoms. The molecule has 116 valence electrons. The summed E-state index contributed by atoms with van der Waals surface area (Å²) in [5, 5.41) is 5.34. The number of hydrogen-bond acceptors (Lipinski definition) is 5. The lowest BCUT2D eigenvalue weighted by Crippen LogP contribution is -2.19. The monoisotopic (exact) mass is 302 g/mol. The molecule has 0 bridgehead atoms. The predicted octanol–water partition coefficient (Wildman–Crippen LogP) is 2.92. The summed E-state index contributed by atoms with van der Waals surface area (Å²) < 4.78 is 10.5. The molecule has 1 aromatic heterocycles. The molecule has 7 nitrogen and oxygen atoms in total. The highest BCUT2D eigenvalue weighted by Gasteiger charge is 2.04. The average molecular weight is 302 g/mol. The van der Waals surface area contributed by atoms with E-state index in [1.54, 1.807) is 24.3 Å². The van der Waals surface area contributed by atoms with E-state index >= 15 is 0 Å². The minimum absolute atomic E-state index is 0.278. The zero-order valence-corrected chi connectivity index (χ0v) is 12.5. The highest BCUT2D eigenvalue weighted by atomic mass is 16.5. The van der Waals surface area contributed by atoms with Crippen LogP contribution in [0.3, 0.4) is 0 Å². The third-order valence-corrected chi connectivity index (χ3v) is 2.58. The van der Waals surface area contributed by atoms with E-state index in [2.05, 4.69) is 20.6 Å². The van der Waals surface area contributed by atoms with Gasteiger partial charge in [-0.15, -0.1) is 0 Å². The van der Waals surface area contributed by atoms with Crippen molar-refractivity contribution in [2.45, 2.75) is 13.8 Å². The summed E-state index contributed by atoms with van der Waals surface area (Å²) in [6.45, 7) is 4.86. The number of anilines is 2. The first-order chi connectivity index (χ1) is 10.7. The van der Waals surface area contributed by atoms with Crippen LogP contribution in [-0.4, -0.2) is 29.2 Å². The van der Waals surface area contributed by atoms with Crippen LogP contribution in [0.25, 0.3) is 0 Å². The minimum Gasteiger partial charge on any atom is -0.494 e. The van der Waals surface area contributed by atoms with E-state index in [0.29, 0.717) is 24.6 Å². The number of nitrogens with one attached hydrogen (secondary N) is 2. The van der Waals surface area contributed by atoms with Crippen molar-refractivity contribution in [1.29, 1.82) is 0 Å². The molecule has 0 atom stereocenters. The molecule has 2 rings (SSSR count). The Labute approximate surface area is 128 Å². The quantitative estimate of drug-likeness (QED) is 0.857. The van der Waals surface area contributed by atoms with Gasteiger partial charge in [-0.2, -0.15) is 0 Å².